The highest BCUT2D eigenvalue weighted by molar-refractivity contribution is 5.68. The van der Waals surface area contributed by atoms with Crippen molar-refractivity contribution in [1.82, 2.24) is 0 Å². The Bertz CT molecular complexity index is 218. The first-order valence-electron chi connectivity index (χ1n) is 4.20. The Kier molecular flexibility index (Phi) is 1.63. The number of carboxylic acid groups (broad SMARTS) is 1. The minimum absolute atomic E-state index is 0.0809. The van der Waals surface area contributed by atoms with Crippen molar-refractivity contribution in [3.63, 3.8) is 0 Å². The van der Waals surface area contributed by atoms with Gasteiger partial charge < -0.3 is 15.6 Å². The lowest BCUT2D eigenvalue weighted by Gasteiger charge is -2.47. The molecule has 1 saturated carbocycles. The molecule has 4 heteroatoms. The third-order valence-corrected chi connectivity index (χ3v) is 3.06. The van der Waals surface area contributed by atoms with Gasteiger partial charge in [-0.3, -0.25) is 4.79 Å². The average Bonchev–Trinajstić information content (AvgIpc) is 2.29. The summed E-state index contributed by atoms with van der Waals surface area (Å²) in [6.45, 7) is 1.41. The fourth-order valence-corrected chi connectivity index (χ4v) is 2.40. The van der Waals surface area contributed by atoms with E-state index in [9.17, 15) is 4.79 Å². The van der Waals surface area contributed by atoms with Crippen molar-refractivity contribution in [1.29, 1.82) is 0 Å². The van der Waals surface area contributed by atoms with Gasteiger partial charge in [-0.25, -0.2) is 0 Å². The van der Waals surface area contributed by atoms with Crippen LogP contribution >= 0.6 is 0 Å². The number of carbonyl (C=O) groups is 1. The molecule has 0 spiro atoms. The van der Waals surface area contributed by atoms with E-state index < -0.39 is 11.5 Å². The largest absolute Gasteiger partial charge is 0.481 e. The monoisotopic (exact) mass is 171 g/mol. The second-order valence-corrected chi connectivity index (χ2v) is 3.91. The second-order valence-electron chi connectivity index (χ2n) is 3.91. The van der Waals surface area contributed by atoms with Gasteiger partial charge in [0.1, 0.15) is 0 Å². The highest BCUT2D eigenvalue weighted by atomic mass is 16.5. The summed E-state index contributed by atoms with van der Waals surface area (Å²) in [5.41, 5.74) is 5.45. The molecule has 1 unspecified atom stereocenters. The SMILES string of the molecule is NC1(CC(=O)O)C[C@@H]2COC[C@@H]21. The van der Waals surface area contributed by atoms with Crippen molar-refractivity contribution in [3.05, 3.63) is 0 Å². The Hall–Kier alpha value is -0.610. The van der Waals surface area contributed by atoms with Crippen molar-refractivity contribution in [2.45, 2.75) is 18.4 Å². The molecule has 4 nitrogen and oxygen atoms in total. The number of fused-ring (bicyclic) bond motifs is 1. The highest BCUT2D eigenvalue weighted by Gasteiger charge is 2.54. The number of rotatable bonds is 2. The van der Waals surface area contributed by atoms with E-state index in [1.54, 1.807) is 0 Å². The fourth-order valence-electron chi connectivity index (χ4n) is 2.40. The van der Waals surface area contributed by atoms with Gasteiger partial charge in [-0.15, -0.1) is 0 Å². The number of carboxylic acids is 1. The summed E-state index contributed by atoms with van der Waals surface area (Å²) in [4.78, 5) is 10.5. The van der Waals surface area contributed by atoms with E-state index in [-0.39, 0.29) is 12.3 Å². The van der Waals surface area contributed by atoms with Gasteiger partial charge in [0.25, 0.3) is 0 Å². The van der Waals surface area contributed by atoms with Crippen LogP contribution in [0.2, 0.25) is 0 Å². The number of hydrogen-bond donors (Lipinski definition) is 2. The predicted octanol–water partition coefficient (Wildman–Crippen LogP) is -0.175. The van der Waals surface area contributed by atoms with E-state index in [2.05, 4.69) is 0 Å². The van der Waals surface area contributed by atoms with Crippen molar-refractivity contribution < 1.29 is 14.6 Å². The van der Waals surface area contributed by atoms with Crippen LogP contribution in [0, 0.1) is 11.8 Å². The van der Waals surface area contributed by atoms with Gasteiger partial charge in [0.2, 0.25) is 0 Å². The Morgan fingerprint density at radius 3 is 3.00 bits per heavy atom. The van der Waals surface area contributed by atoms with Crippen LogP contribution in [-0.2, 0) is 9.53 Å². The molecular weight excluding hydrogens is 158 g/mol. The van der Waals surface area contributed by atoms with Crippen LogP contribution in [0.5, 0.6) is 0 Å². The molecule has 0 aromatic carbocycles. The van der Waals surface area contributed by atoms with E-state index in [1.807, 2.05) is 0 Å². The average molecular weight is 171 g/mol. The first kappa shape index (κ1) is 8.01. The van der Waals surface area contributed by atoms with Crippen LogP contribution in [0.4, 0.5) is 0 Å². The molecule has 1 saturated heterocycles. The van der Waals surface area contributed by atoms with Gasteiger partial charge in [0.15, 0.2) is 0 Å². The summed E-state index contributed by atoms with van der Waals surface area (Å²) in [6, 6.07) is 0. The zero-order valence-electron chi connectivity index (χ0n) is 6.82. The summed E-state index contributed by atoms with van der Waals surface area (Å²) < 4.78 is 5.24. The topological polar surface area (TPSA) is 72.6 Å². The molecule has 12 heavy (non-hydrogen) atoms. The molecule has 1 heterocycles. The van der Waals surface area contributed by atoms with Crippen molar-refractivity contribution in [2.75, 3.05) is 13.2 Å². The quantitative estimate of drug-likeness (QED) is 0.604. The van der Waals surface area contributed by atoms with Gasteiger partial charge in [-0.2, -0.15) is 0 Å². The molecule has 2 rings (SSSR count). The Morgan fingerprint density at radius 1 is 1.67 bits per heavy atom. The summed E-state index contributed by atoms with van der Waals surface area (Å²) in [5.74, 6) is 0.00537. The molecule has 1 aliphatic carbocycles. The number of hydrogen-bond acceptors (Lipinski definition) is 3. The van der Waals surface area contributed by atoms with Crippen LogP contribution < -0.4 is 5.73 Å². The fraction of sp³-hybridized carbons (Fsp3) is 0.875. The molecule has 0 bridgehead atoms. The molecule has 1 aliphatic heterocycles. The van der Waals surface area contributed by atoms with Gasteiger partial charge in [0.05, 0.1) is 13.0 Å². The first-order chi connectivity index (χ1) is 5.62. The lowest BCUT2D eigenvalue weighted by atomic mass is 9.60. The molecular formula is C8H13NO3. The Labute approximate surface area is 70.7 Å². The maximum absolute atomic E-state index is 10.5. The van der Waals surface area contributed by atoms with Crippen LogP contribution in [0.15, 0.2) is 0 Å². The van der Waals surface area contributed by atoms with Crippen molar-refractivity contribution in [3.8, 4) is 0 Å². The minimum atomic E-state index is -0.803. The standard InChI is InChI=1S/C8H13NO3/c9-8(2-7(10)11)1-5-3-12-4-6(5)8/h5-6H,1-4,9H2,(H,10,11)/t5-,6+,8?/m1/s1. The highest BCUT2D eigenvalue weighted by Crippen LogP contribution is 2.47. The van der Waals surface area contributed by atoms with Crippen LogP contribution in [0.3, 0.4) is 0 Å². The molecule has 2 aliphatic rings. The lowest BCUT2D eigenvalue weighted by Crippen LogP contribution is -2.61. The Morgan fingerprint density at radius 2 is 2.42 bits per heavy atom. The molecule has 3 N–H and O–H groups in total. The predicted molar refractivity (Wildman–Crippen MR) is 41.6 cm³/mol. The Balaban J connectivity index is 2.00. The molecule has 0 amide bonds. The normalized spacial score (nSPS) is 45.1. The van der Waals surface area contributed by atoms with Gasteiger partial charge in [-0.1, -0.05) is 0 Å². The third-order valence-electron chi connectivity index (χ3n) is 3.06. The number of aliphatic carboxylic acids is 1. The molecule has 0 aromatic rings. The zero-order chi connectivity index (χ0) is 8.77. The lowest BCUT2D eigenvalue weighted by molar-refractivity contribution is -0.140. The maximum atomic E-state index is 10.5. The van der Waals surface area contributed by atoms with Crippen molar-refractivity contribution in [2.24, 2.45) is 17.6 Å². The molecule has 68 valence electrons. The maximum Gasteiger partial charge on any atom is 0.305 e. The first-order valence-corrected chi connectivity index (χ1v) is 4.20. The van der Waals surface area contributed by atoms with E-state index >= 15 is 0 Å². The smallest absolute Gasteiger partial charge is 0.305 e. The summed E-state index contributed by atoms with van der Waals surface area (Å²) in [6.07, 6.45) is 0.890. The summed E-state index contributed by atoms with van der Waals surface area (Å²) in [5, 5.41) is 8.61. The molecule has 0 aromatic heterocycles. The van der Waals surface area contributed by atoms with E-state index in [4.69, 9.17) is 15.6 Å². The minimum Gasteiger partial charge on any atom is -0.481 e. The van der Waals surface area contributed by atoms with E-state index in [0.717, 1.165) is 13.0 Å². The van der Waals surface area contributed by atoms with Gasteiger partial charge in [0, 0.05) is 18.1 Å². The third kappa shape index (κ3) is 1.03. The number of nitrogens with two attached hydrogens (primary N) is 1. The second kappa shape index (κ2) is 2.44. The van der Waals surface area contributed by atoms with Crippen LogP contribution in [0.25, 0.3) is 0 Å². The van der Waals surface area contributed by atoms with Crippen LogP contribution in [0.1, 0.15) is 12.8 Å². The van der Waals surface area contributed by atoms with Crippen molar-refractivity contribution >= 4 is 5.97 Å². The number of ether oxygens (including phenoxy) is 1. The zero-order valence-corrected chi connectivity index (χ0v) is 6.82. The van der Waals surface area contributed by atoms with Gasteiger partial charge in [-0.05, 0) is 12.3 Å². The molecule has 0 radical (unpaired) electrons. The van der Waals surface area contributed by atoms with Gasteiger partial charge >= 0.3 is 5.97 Å². The van der Waals surface area contributed by atoms with E-state index in [0.29, 0.717) is 12.5 Å². The summed E-state index contributed by atoms with van der Waals surface area (Å²) in [7, 11) is 0. The molecule has 2 fully saturated rings. The molecule has 3 atom stereocenters. The van der Waals surface area contributed by atoms with Crippen LogP contribution in [-0.4, -0.2) is 29.8 Å². The van der Waals surface area contributed by atoms with E-state index in [1.165, 1.54) is 0 Å². The summed E-state index contributed by atoms with van der Waals surface area (Å²) >= 11 is 0.